The minimum atomic E-state index is 0.0132. The molecule has 0 radical (unpaired) electrons. The number of hydrogen-bond acceptors (Lipinski definition) is 4. The fraction of sp³-hybridized carbons (Fsp3) is 0.600. The fourth-order valence-electron chi connectivity index (χ4n) is 2.56. The molecular formula is C15H24N4O. The first-order chi connectivity index (χ1) is 9.61. The zero-order chi connectivity index (χ0) is 14.5. The molecule has 20 heavy (non-hydrogen) atoms. The van der Waals surface area contributed by atoms with Crippen molar-refractivity contribution in [3.05, 3.63) is 23.9 Å². The van der Waals surface area contributed by atoms with E-state index < -0.39 is 0 Å². The molecule has 0 saturated carbocycles. The quantitative estimate of drug-likeness (QED) is 0.909. The number of rotatable bonds is 4. The van der Waals surface area contributed by atoms with E-state index in [4.69, 9.17) is 0 Å². The predicted octanol–water partition coefficient (Wildman–Crippen LogP) is 1.68. The molecule has 1 amide bonds. The van der Waals surface area contributed by atoms with E-state index in [0.717, 1.165) is 38.3 Å². The van der Waals surface area contributed by atoms with E-state index in [9.17, 15) is 4.79 Å². The Hall–Kier alpha value is -1.62. The average Bonchev–Trinajstić information content (AvgIpc) is 2.47. The van der Waals surface area contributed by atoms with Crippen LogP contribution in [0.4, 0.5) is 5.82 Å². The second-order valence-corrected chi connectivity index (χ2v) is 5.39. The number of anilines is 1. The number of nitrogens with one attached hydrogen (secondary N) is 1. The van der Waals surface area contributed by atoms with Crippen molar-refractivity contribution < 1.29 is 4.79 Å². The van der Waals surface area contributed by atoms with E-state index in [2.05, 4.69) is 22.2 Å². The molecule has 1 saturated heterocycles. The average molecular weight is 276 g/mol. The van der Waals surface area contributed by atoms with E-state index in [0.29, 0.717) is 11.7 Å². The molecule has 0 atom stereocenters. The second kappa shape index (κ2) is 6.70. The lowest BCUT2D eigenvalue weighted by Crippen LogP contribution is -2.44. The third-order valence-corrected chi connectivity index (χ3v) is 3.88. The van der Waals surface area contributed by atoms with Crippen LogP contribution in [0.3, 0.4) is 0 Å². The zero-order valence-electron chi connectivity index (χ0n) is 12.6. The van der Waals surface area contributed by atoms with Crippen LogP contribution < -0.4 is 5.32 Å². The summed E-state index contributed by atoms with van der Waals surface area (Å²) in [5, 5.41) is 3.14. The lowest BCUT2D eigenvalue weighted by molar-refractivity contribution is 0.0654. The molecule has 0 bridgehead atoms. The second-order valence-electron chi connectivity index (χ2n) is 5.39. The fourth-order valence-corrected chi connectivity index (χ4v) is 2.56. The smallest absolute Gasteiger partial charge is 0.272 e. The highest BCUT2D eigenvalue weighted by molar-refractivity contribution is 5.92. The number of piperidine rings is 1. The van der Waals surface area contributed by atoms with E-state index in [1.54, 1.807) is 6.07 Å². The predicted molar refractivity (Wildman–Crippen MR) is 81.0 cm³/mol. The van der Waals surface area contributed by atoms with Crippen molar-refractivity contribution in [3.8, 4) is 0 Å². The Bertz CT molecular complexity index is 455. The van der Waals surface area contributed by atoms with Crippen LogP contribution in [0.5, 0.6) is 0 Å². The summed E-state index contributed by atoms with van der Waals surface area (Å²) in [4.78, 5) is 21.0. The number of hydrogen-bond donors (Lipinski definition) is 1. The summed E-state index contributed by atoms with van der Waals surface area (Å²) < 4.78 is 0. The summed E-state index contributed by atoms with van der Waals surface area (Å²) >= 11 is 0. The lowest BCUT2D eigenvalue weighted by Gasteiger charge is -2.35. The standard InChI is InChI=1S/C15H24N4O/c1-4-16-14-7-5-6-13(17-14)15(20)19(3)12-8-10-18(2)11-9-12/h5-7,12H,4,8-11H2,1-3H3,(H,16,17). The largest absolute Gasteiger partial charge is 0.370 e. The molecule has 5 nitrogen and oxygen atoms in total. The maximum absolute atomic E-state index is 12.5. The van der Waals surface area contributed by atoms with Gasteiger partial charge in [0, 0.05) is 19.6 Å². The number of carbonyl (C=O) groups is 1. The minimum absolute atomic E-state index is 0.0132. The Morgan fingerprint density at radius 1 is 1.45 bits per heavy atom. The van der Waals surface area contributed by atoms with Gasteiger partial charge in [-0.2, -0.15) is 0 Å². The van der Waals surface area contributed by atoms with Gasteiger partial charge in [-0.1, -0.05) is 6.07 Å². The van der Waals surface area contributed by atoms with Crippen molar-refractivity contribution in [2.24, 2.45) is 0 Å². The summed E-state index contributed by atoms with van der Waals surface area (Å²) in [6.07, 6.45) is 2.07. The van der Waals surface area contributed by atoms with Crippen LogP contribution in [0.1, 0.15) is 30.3 Å². The lowest BCUT2D eigenvalue weighted by atomic mass is 10.0. The Morgan fingerprint density at radius 2 is 2.15 bits per heavy atom. The molecule has 0 unspecified atom stereocenters. The minimum Gasteiger partial charge on any atom is -0.370 e. The van der Waals surface area contributed by atoms with Gasteiger partial charge in [-0.25, -0.2) is 4.98 Å². The SMILES string of the molecule is CCNc1cccc(C(=O)N(C)C2CCN(C)CC2)n1. The normalized spacial score (nSPS) is 16.9. The number of likely N-dealkylation sites (tertiary alicyclic amines) is 1. The topological polar surface area (TPSA) is 48.5 Å². The van der Waals surface area contributed by atoms with Gasteiger partial charge in [0.05, 0.1) is 0 Å². The summed E-state index contributed by atoms with van der Waals surface area (Å²) in [5.41, 5.74) is 0.518. The zero-order valence-corrected chi connectivity index (χ0v) is 12.6. The van der Waals surface area contributed by atoms with Crippen LogP contribution in [0, 0.1) is 0 Å². The van der Waals surface area contributed by atoms with Crippen LogP contribution in [-0.2, 0) is 0 Å². The molecule has 1 aromatic rings. The van der Waals surface area contributed by atoms with E-state index in [1.807, 2.05) is 31.0 Å². The van der Waals surface area contributed by atoms with Crippen molar-refractivity contribution in [2.45, 2.75) is 25.8 Å². The molecule has 1 aromatic heterocycles. The summed E-state index contributed by atoms with van der Waals surface area (Å²) in [5.74, 6) is 0.773. The molecule has 1 fully saturated rings. The maximum Gasteiger partial charge on any atom is 0.272 e. The molecule has 1 aliphatic rings. The first-order valence-electron chi connectivity index (χ1n) is 7.28. The molecule has 2 heterocycles. The third-order valence-electron chi connectivity index (χ3n) is 3.88. The molecule has 1 aliphatic heterocycles. The van der Waals surface area contributed by atoms with E-state index in [1.165, 1.54) is 0 Å². The first kappa shape index (κ1) is 14.8. The summed E-state index contributed by atoms with van der Waals surface area (Å²) in [6, 6.07) is 5.87. The molecule has 1 N–H and O–H groups in total. The van der Waals surface area contributed by atoms with Crippen molar-refractivity contribution >= 4 is 11.7 Å². The van der Waals surface area contributed by atoms with Gasteiger partial charge in [0.15, 0.2) is 0 Å². The van der Waals surface area contributed by atoms with Gasteiger partial charge in [0.25, 0.3) is 5.91 Å². The van der Waals surface area contributed by atoms with Crippen LogP contribution in [0.15, 0.2) is 18.2 Å². The third kappa shape index (κ3) is 3.48. The highest BCUT2D eigenvalue weighted by atomic mass is 16.2. The Balaban J connectivity index is 2.04. The first-order valence-corrected chi connectivity index (χ1v) is 7.28. The van der Waals surface area contributed by atoms with Crippen molar-refractivity contribution in [1.82, 2.24) is 14.8 Å². The van der Waals surface area contributed by atoms with Crippen LogP contribution >= 0.6 is 0 Å². The van der Waals surface area contributed by atoms with Crippen LogP contribution in [0.2, 0.25) is 0 Å². The Morgan fingerprint density at radius 3 is 2.80 bits per heavy atom. The molecular weight excluding hydrogens is 252 g/mol. The highest BCUT2D eigenvalue weighted by Crippen LogP contribution is 2.16. The number of aromatic nitrogens is 1. The van der Waals surface area contributed by atoms with Gasteiger partial charge >= 0.3 is 0 Å². The van der Waals surface area contributed by atoms with Crippen LogP contribution in [0.25, 0.3) is 0 Å². The van der Waals surface area contributed by atoms with Gasteiger partial charge in [0.2, 0.25) is 0 Å². The molecule has 2 rings (SSSR count). The molecule has 0 aromatic carbocycles. The molecule has 0 spiro atoms. The van der Waals surface area contributed by atoms with Gasteiger partial charge in [-0.3, -0.25) is 4.79 Å². The number of carbonyl (C=O) groups excluding carboxylic acids is 1. The molecule has 5 heteroatoms. The van der Waals surface area contributed by atoms with E-state index >= 15 is 0 Å². The Labute approximate surface area is 121 Å². The molecule has 0 aliphatic carbocycles. The van der Waals surface area contributed by atoms with Crippen molar-refractivity contribution in [2.75, 3.05) is 39.0 Å². The number of nitrogens with zero attached hydrogens (tertiary/aromatic N) is 3. The number of pyridine rings is 1. The van der Waals surface area contributed by atoms with Crippen molar-refractivity contribution in [1.29, 1.82) is 0 Å². The monoisotopic (exact) mass is 276 g/mol. The van der Waals surface area contributed by atoms with Gasteiger partial charge in [-0.15, -0.1) is 0 Å². The maximum atomic E-state index is 12.5. The van der Waals surface area contributed by atoms with Gasteiger partial charge in [-0.05, 0) is 52.0 Å². The van der Waals surface area contributed by atoms with Gasteiger partial charge in [0.1, 0.15) is 11.5 Å². The summed E-state index contributed by atoms with van der Waals surface area (Å²) in [6.45, 7) is 4.91. The summed E-state index contributed by atoms with van der Waals surface area (Å²) in [7, 11) is 4.01. The number of amides is 1. The van der Waals surface area contributed by atoms with Crippen molar-refractivity contribution in [3.63, 3.8) is 0 Å². The highest BCUT2D eigenvalue weighted by Gasteiger charge is 2.25. The van der Waals surface area contributed by atoms with E-state index in [-0.39, 0.29) is 5.91 Å². The Kier molecular flexibility index (Phi) is 4.95. The van der Waals surface area contributed by atoms with Gasteiger partial charge < -0.3 is 15.1 Å². The molecule has 110 valence electrons. The van der Waals surface area contributed by atoms with Crippen LogP contribution in [-0.4, -0.2) is 60.5 Å².